The van der Waals surface area contributed by atoms with E-state index in [1.807, 2.05) is 115 Å². The molecule has 278 valence electrons. The van der Waals surface area contributed by atoms with E-state index in [4.69, 9.17) is 40.0 Å². The quantitative estimate of drug-likeness (QED) is 0.102. The Bertz CT molecular complexity index is 1830. The molecule has 0 aromatic heterocycles. The van der Waals surface area contributed by atoms with Crippen LogP contribution < -0.4 is 4.74 Å². The van der Waals surface area contributed by atoms with Crippen LogP contribution in [0.5, 0.6) is 5.75 Å². The van der Waals surface area contributed by atoms with Crippen molar-refractivity contribution in [3.05, 3.63) is 172 Å². The lowest BCUT2D eigenvalue weighted by molar-refractivity contribution is -0.384. The lowest BCUT2D eigenvalue weighted by Gasteiger charge is -2.52. The molecule has 1 fully saturated rings. The largest absolute Gasteiger partial charge is 0.488 e. The Kier molecular flexibility index (Phi) is 13.6. The predicted molar refractivity (Wildman–Crippen MR) is 198 cm³/mol. The van der Waals surface area contributed by atoms with Gasteiger partial charge in [0.2, 0.25) is 5.79 Å². The highest BCUT2D eigenvalue weighted by molar-refractivity contribution is 6.31. The van der Waals surface area contributed by atoms with Crippen molar-refractivity contribution in [1.29, 1.82) is 0 Å². The van der Waals surface area contributed by atoms with Crippen molar-refractivity contribution in [3.63, 3.8) is 0 Å². The van der Waals surface area contributed by atoms with Crippen molar-refractivity contribution in [2.75, 3.05) is 20.3 Å². The molecule has 5 unspecified atom stereocenters. The Morgan fingerprint density at radius 1 is 0.698 bits per heavy atom. The van der Waals surface area contributed by atoms with Gasteiger partial charge in [-0.2, -0.15) is 0 Å². The van der Waals surface area contributed by atoms with E-state index in [2.05, 4.69) is 0 Å². The molecule has 0 bridgehead atoms. The Morgan fingerprint density at radius 2 is 1.25 bits per heavy atom. The molecule has 6 rings (SSSR count). The van der Waals surface area contributed by atoms with Crippen LogP contribution in [0, 0.1) is 0 Å². The summed E-state index contributed by atoms with van der Waals surface area (Å²) in [5.74, 6) is -1.23. The molecule has 0 spiro atoms. The first kappa shape index (κ1) is 38.5. The maximum atomic E-state index is 12.7. The maximum absolute atomic E-state index is 12.7. The van der Waals surface area contributed by atoms with Gasteiger partial charge in [-0.05, 0) is 58.5 Å². The van der Waals surface area contributed by atoms with E-state index in [1.165, 1.54) is 0 Å². The van der Waals surface area contributed by atoms with Gasteiger partial charge in [0, 0.05) is 17.7 Å². The van der Waals surface area contributed by atoms with E-state index in [-0.39, 0.29) is 26.4 Å². The number of benzene rings is 5. The van der Waals surface area contributed by atoms with Crippen LogP contribution in [-0.2, 0) is 55.7 Å². The fraction of sp³-hybridized carbons (Fsp3) is 0.302. The number of aliphatic hydroxyl groups excluding tert-OH is 1. The van der Waals surface area contributed by atoms with Crippen molar-refractivity contribution in [1.82, 2.24) is 0 Å². The second-order valence-electron chi connectivity index (χ2n) is 12.8. The van der Waals surface area contributed by atoms with E-state index < -0.39 is 43.2 Å². The van der Waals surface area contributed by atoms with Crippen LogP contribution in [0.15, 0.2) is 133 Å². The molecule has 5 atom stereocenters. The number of methoxy groups -OCH3 is 1. The molecule has 0 radical (unpaired) electrons. The van der Waals surface area contributed by atoms with Crippen LogP contribution in [0.1, 0.15) is 33.4 Å². The van der Waals surface area contributed by atoms with Gasteiger partial charge >= 0.3 is 0 Å². The van der Waals surface area contributed by atoms with Crippen LogP contribution in [0.3, 0.4) is 0 Å². The molecular weight excluding hydrogens is 702 g/mol. The van der Waals surface area contributed by atoms with Gasteiger partial charge in [0.25, 0.3) is 6.43 Å². The Balaban J connectivity index is 1.38. The summed E-state index contributed by atoms with van der Waals surface area (Å²) in [6.45, 7) is -0.368. The van der Waals surface area contributed by atoms with Crippen molar-refractivity contribution < 1.29 is 42.3 Å². The molecule has 1 saturated heterocycles. The molecule has 1 aliphatic rings. The van der Waals surface area contributed by atoms with Gasteiger partial charge in [0.15, 0.2) is 0 Å². The summed E-state index contributed by atoms with van der Waals surface area (Å²) < 4.78 is 63.9. The number of aliphatic hydroxyl groups is 1. The molecule has 10 heteroatoms. The molecule has 53 heavy (non-hydrogen) atoms. The van der Waals surface area contributed by atoms with E-state index in [0.717, 1.165) is 27.8 Å². The lowest BCUT2D eigenvalue weighted by Crippen LogP contribution is -2.66. The van der Waals surface area contributed by atoms with Gasteiger partial charge in [-0.1, -0.05) is 121 Å². The molecule has 5 aromatic rings. The van der Waals surface area contributed by atoms with Crippen molar-refractivity contribution >= 4 is 11.6 Å². The summed E-state index contributed by atoms with van der Waals surface area (Å²) in [5, 5.41) is 11.4. The molecule has 7 nitrogen and oxygen atoms in total. The van der Waals surface area contributed by atoms with Crippen molar-refractivity contribution in [2.24, 2.45) is 0 Å². The van der Waals surface area contributed by atoms with Gasteiger partial charge in [0.1, 0.15) is 36.8 Å². The van der Waals surface area contributed by atoms with E-state index >= 15 is 0 Å². The lowest BCUT2D eigenvalue weighted by atomic mass is 9.86. The molecule has 1 heterocycles. The molecule has 0 aliphatic carbocycles. The van der Waals surface area contributed by atoms with Gasteiger partial charge < -0.3 is 33.5 Å². The van der Waals surface area contributed by atoms with E-state index in [0.29, 0.717) is 22.8 Å². The summed E-state index contributed by atoms with van der Waals surface area (Å²) in [7, 11) is 1.54. The third-order valence-electron chi connectivity index (χ3n) is 9.16. The molecular formula is C43H43ClF2O7. The number of rotatable bonds is 17. The summed E-state index contributed by atoms with van der Waals surface area (Å²) in [6, 6.07) is 41.8. The minimum Gasteiger partial charge on any atom is -0.488 e. The van der Waals surface area contributed by atoms with Crippen LogP contribution in [-0.4, -0.2) is 56.3 Å². The van der Waals surface area contributed by atoms with Gasteiger partial charge in [-0.25, -0.2) is 8.78 Å². The molecule has 1 N–H and O–H groups in total. The van der Waals surface area contributed by atoms with Gasteiger partial charge in [-0.3, -0.25) is 0 Å². The topological polar surface area (TPSA) is 75.6 Å². The number of ether oxygens (including phenoxy) is 6. The minimum atomic E-state index is -2.56. The first-order valence-electron chi connectivity index (χ1n) is 17.5. The third kappa shape index (κ3) is 9.87. The minimum absolute atomic E-state index is 0.209. The first-order chi connectivity index (χ1) is 25.9. The highest BCUT2D eigenvalue weighted by Gasteiger charge is 2.58. The Labute approximate surface area is 314 Å². The number of halogens is 3. The second kappa shape index (κ2) is 18.7. The van der Waals surface area contributed by atoms with Crippen LogP contribution >= 0.6 is 11.6 Å². The number of alkyl halides is 2. The normalized spacial score (nSPS) is 21.5. The summed E-state index contributed by atoms with van der Waals surface area (Å²) >= 11 is 6.79. The zero-order valence-electron chi connectivity index (χ0n) is 29.4. The smallest absolute Gasteiger partial charge is 0.272 e. The number of hydrogen-bond donors (Lipinski definition) is 1. The first-order valence-corrected chi connectivity index (χ1v) is 17.9. The predicted octanol–water partition coefficient (Wildman–Crippen LogP) is 8.52. The average molecular weight is 745 g/mol. The summed E-state index contributed by atoms with van der Waals surface area (Å²) in [6.07, 6.45) is -5.47. The summed E-state index contributed by atoms with van der Waals surface area (Å²) in [5.41, 5.74) is 5.08. The highest BCUT2D eigenvalue weighted by atomic mass is 35.5. The van der Waals surface area contributed by atoms with E-state index in [9.17, 15) is 13.9 Å². The molecule has 0 saturated carbocycles. The fourth-order valence-corrected chi connectivity index (χ4v) is 6.69. The SMILES string of the molecule is COC1(c2ccc(Cl)c(Cc3ccc(OCC(F)F)cc3)c2)OC(CO)C(OCc2ccccc2)C(OCc2ccccc2)C1OCc1ccccc1. The highest BCUT2D eigenvalue weighted by Crippen LogP contribution is 2.44. The molecule has 1 aliphatic heterocycles. The van der Waals surface area contributed by atoms with Gasteiger partial charge in [-0.15, -0.1) is 0 Å². The third-order valence-corrected chi connectivity index (χ3v) is 9.53. The summed E-state index contributed by atoms with van der Waals surface area (Å²) in [4.78, 5) is 0. The zero-order chi connectivity index (χ0) is 37.0. The van der Waals surface area contributed by atoms with Crippen molar-refractivity contribution in [3.8, 4) is 5.75 Å². The molecule has 5 aromatic carbocycles. The maximum Gasteiger partial charge on any atom is 0.272 e. The van der Waals surface area contributed by atoms with E-state index in [1.54, 1.807) is 25.3 Å². The van der Waals surface area contributed by atoms with Crippen molar-refractivity contribution in [2.45, 2.75) is 62.9 Å². The van der Waals surface area contributed by atoms with Crippen LogP contribution in [0.4, 0.5) is 8.78 Å². The monoisotopic (exact) mass is 744 g/mol. The average Bonchev–Trinajstić information content (AvgIpc) is 3.20. The van der Waals surface area contributed by atoms with Crippen LogP contribution in [0.2, 0.25) is 5.02 Å². The Morgan fingerprint density at radius 3 is 1.77 bits per heavy atom. The van der Waals surface area contributed by atoms with Gasteiger partial charge in [0.05, 0.1) is 26.4 Å². The molecule has 0 amide bonds. The second-order valence-corrected chi connectivity index (χ2v) is 13.2. The zero-order valence-corrected chi connectivity index (χ0v) is 30.1. The standard InChI is InChI=1S/C43H43ClF2O7/c1-48-43(35-19-22-37(44)34(24-35)23-30-17-20-36(21-18-30)49-29-39(45)46)42(52-28-33-15-9-4-10-16-33)41(51-27-32-13-7-3-8-14-32)40(38(25-47)53-43)50-26-31-11-5-2-6-12-31/h2-22,24,38-42,47H,23,25-29H2,1H3. The number of hydrogen-bond acceptors (Lipinski definition) is 7. The Hall–Kier alpha value is -4.19. The fourth-order valence-electron chi connectivity index (χ4n) is 6.51. The van der Waals surface area contributed by atoms with Crippen LogP contribution in [0.25, 0.3) is 0 Å².